The molecule has 1 atom stereocenters. The predicted octanol–water partition coefficient (Wildman–Crippen LogP) is 6.27. The molecule has 4 aromatic rings. The fourth-order valence-electron chi connectivity index (χ4n) is 5.23. The van der Waals surface area contributed by atoms with Crippen LogP contribution >= 0.6 is 11.6 Å². The molecule has 2 heterocycles. The van der Waals surface area contributed by atoms with Crippen LogP contribution in [0, 0.1) is 0 Å². The van der Waals surface area contributed by atoms with Gasteiger partial charge in [0.1, 0.15) is 23.0 Å². The molecule has 2 aliphatic rings. The predicted molar refractivity (Wildman–Crippen MR) is 146 cm³/mol. The van der Waals surface area contributed by atoms with Crippen LogP contribution in [-0.4, -0.2) is 30.1 Å². The number of para-hydroxylation sites is 1. The van der Waals surface area contributed by atoms with E-state index in [1.54, 1.807) is 30.3 Å². The molecule has 0 radical (unpaired) electrons. The van der Waals surface area contributed by atoms with E-state index < -0.39 is 11.9 Å². The standard InChI is InChI=1S/C32H25ClO6/c33-22-8-6-20(7-9-22)31(35)24-10-12-28-30(32(24)36)25(18-29(34)39-28)23-3-1-2-4-27(23)38-15-13-19-5-11-26-21(17-19)14-16-37-26/h1-12,17,25,36H,13-16,18H2. The van der Waals surface area contributed by atoms with Crippen molar-refractivity contribution in [2.75, 3.05) is 13.2 Å². The van der Waals surface area contributed by atoms with E-state index in [9.17, 15) is 14.7 Å². The molecule has 0 saturated carbocycles. The van der Waals surface area contributed by atoms with E-state index in [0.717, 1.165) is 23.3 Å². The van der Waals surface area contributed by atoms with Gasteiger partial charge in [-0.15, -0.1) is 0 Å². The maximum absolute atomic E-state index is 13.2. The second-order valence-corrected chi connectivity index (χ2v) is 10.1. The summed E-state index contributed by atoms with van der Waals surface area (Å²) in [4.78, 5) is 25.8. The minimum Gasteiger partial charge on any atom is -0.507 e. The summed E-state index contributed by atoms with van der Waals surface area (Å²) in [5, 5.41) is 11.9. The largest absolute Gasteiger partial charge is 0.507 e. The maximum atomic E-state index is 13.2. The molecule has 39 heavy (non-hydrogen) atoms. The van der Waals surface area contributed by atoms with E-state index in [1.807, 2.05) is 36.4 Å². The third-order valence-electron chi connectivity index (χ3n) is 7.17. The zero-order valence-electron chi connectivity index (χ0n) is 21.0. The number of fused-ring (bicyclic) bond motifs is 2. The summed E-state index contributed by atoms with van der Waals surface area (Å²) < 4.78 is 17.3. The molecule has 4 aromatic carbocycles. The Morgan fingerprint density at radius 2 is 1.79 bits per heavy atom. The number of hydrogen-bond donors (Lipinski definition) is 1. The van der Waals surface area contributed by atoms with Crippen LogP contribution < -0.4 is 14.2 Å². The van der Waals surface area contributed by atoms with Gasteiger partial charge in [-0.05, 0) is 59.7 Å². The van der Waals surface area contributed by atoms with Gasteiger partial charge in [-0.1, -0.05) is 41.9 Å². The van der Waals surface area contributed by atoms with Crippen molar-refractivity contribution < 1.29 is 28.9 Å². The van der Waals surface area contributed by atoms with Crippen LogP contribution in [0.2, 0.25) is 5.02 Å². The number of rotatable bonds is 7. The van der Waals surface area contributed by atoms with Crippen LogP contribution in [0.5, 0.6) is 23.0 Å². The van der Waals surface area contributed by atoms with E-state index in [4.69, 9.17) is 25.8 Å². The topological polar surface area (TPSA) is 82.1 Å². The Labute approximate surface area is 230 Å². The van der Waals surface area contributed by atoms with E-state index in [0.29, 0.717) is 41.5 Å². The molecule has 7 heteroatoms. The number of ether oxygens (including phenoxy) is 3. The molecule has 0 aliphatic carbocycles. The van der Waals surface area contributed by atoms with Crippen LogP contribution in [0.1, 0.15) is 50.5 Å². The lowest BCUT2D eigenvalue weighted by Crippen LogP contribution is -2.22. The van der Waals surface area contributed by atoms with E-state index in [-0.39, 0.29) is 29.3 Å². The molecular weight excluding hydrogens is 516 g/mol. The summed E-state index contributed by atoms with van der Waals surface area (Å²) in [5.74, 6) is 0.262. The highest BCUT2D eigenvalue weighted by Gasteiger charge is 2.35. The third kappa shape index (κ3) is 4.95. The Morgan fingerprint density at radius 1 is 1.00 bits per heavy atom. The number of esters is 1. The first-order valence-electron chi connectivity index (χ1n) is 12.8. The first-order valence-corrected chi connectivity index (χ1v) is 13.2. The highest BCUT2D eigenvalue weighted by atomic mass is 35.5. The van der Waals surface area contributed by atoms with Crippen molar-refractivity contribution in [2.24, 2.45) is 0 Å². The van der Waals surface area contributed by atoms with Crippen LogP contribution in [-0.2, 0) is 17.6 Å². The van der Waals surface area contributed by atoms with Crippen LogP contribution in [0.25, 0.3) is 0 Å². The highest BCUT2D eigenvalue weighted by Crippen LogP contribution is 2.47. The number of phenols is 1. The molecule has 196 valence electrons. The molecule has 6 nitrogen and oxygen atoms in total. The Balaban J connectivity index is 1.29. The van der Waals surface area contributed by atoms with Crippen LogP contribution in [0.15, 0.2) is 78.9 Å². The van der Waals surface area contributed by atoms with Gasteiger partial charge in [0.05, 0.1) is 25.2 Å². The van der Waals surface area contributed by atoms with Gasteiger partial charge in [-0.3, -0.25) is 9.59 Å². The number of hydrogen-bond acceptors (Lipinski definition) is 6. The molecule has 2 aliphatic heterocycles. The van der Waals surface area contributed by atoms with Gasteiger partial charge in [0.15, 0.2) is 5.78 Å². The van der Waals surface area contributed by atoms with Crippen molar-refractivity contribution in [1.82, 2.24) is 0 Å². The number of benzene rings is 4. The van der Waals surface area contributed by atoms with Crippen LogP contribution in [0.4, 0.5) is 0 Å². The average molecular weight is 541 g/mol. The van der Waals surface area contributed by atoms with Gasteiger partial charge in [-0.2, -0.15) is 0 Å². The molecule has 0 aromatic heterocycles. The number of carbonyl (C=O) groups is 2. The number of halogens is 1. The molecule has 0 amide bonds. The minimum absolute atomic E-state index is 0.00431. The molecule has 0 bridgehead atoms. The van der Waals surface area contributed by atoms with Crippen molar-refractivity contribution in [3.63, 3.8) is 0 Å². The van der Waals surface area contributed by atoms with Crippen molar-refractivity contribution in [3.05, 3.63) is 117 Å². The monoisotopic (exact) mass is 540 g/mol. The smallest absolute Gasteiger partial charge is 0.312 e. The highest BCUT2D eigenvalue weighted by molar-refractivity contribution is 6.30. The molecule has 0 saturated heterocycles. The summed E-state index contributed by atoms with van der Waals surface area (Å²) in [6, 6.07) is 23.2. The van der Waals surface area contributed by atoms with Crippen molar-refractivity contribution in [2.45, 2.75) is 25.2 Å². The van der Waals surface area contributed by atoms with Gasteiger partial charge in [0, 0.05) is 40.5 Å². The lowest BCUT2D eigenvalue weighted by molar-refractivity contribution is -0.135. The number of ketones is 1. The third-order valence-corrected chi connectivity index (χ3v) is 7.42. The van der Waals surface area contributed by atoms with Gasteiger partial charge >= 0.3 is 5.97 Å². The van der Waals surface area contributed by atoms with E-state index >= 15 is 0 Å². The number of carbonyl (C=O) groups excluding carboxylic acids is 2. The summed E-state index contributed by atoms with van der Waals surface area (Å²) in [5.41, 5.74) is 4.02. The Morgan fingerprint density at radius 3 is 2.64 bits per heavy atom. The van der Waals surface area contributed by atoms with Gasteiger partial charge < -0.3 is 19.3 Å². The second kappa shape index (κ2) is 10.5. The van der Waals surface area contributed by atoms with Gasteiger partial charge in [0.25, 0.3) is 0 Å². The Kier molecular flexibility index (Phi) is 6.71. The molecule has 0 spiro atoms. The van der Waals surface area contributed by atoms with E-state index in [2.05, 4.69) is 6.07 Å². The van der Waals surface area contributed by atoms with Gasteiger partial charge in [-0.25, -0.2) is 0 Å². The zero-order valence-corrected chi connectivity index (χ0v) is 21.7. The summed E-state index contributed by atoms with van der Waals surface area (Å²) >= 11 is 5.97. The quantitative estimate of drug-likeness (QED) is 0.169. The normalized spacial score (nSPS) is 15.6. The molecule has 6 rings (SSSR count). The zero-order chi connectivity index (χ0) is 26.9. The first-order chi connectivity index (χ1) is 19.0. The Hall–Kier alpha value is -4.29. The van der Waals surface area contributed by atoms with Crippen LogP contribution in [0.3, 0.4) is 0 Å². The minimum atomic E-state index is -0.549. The molecule has 1 unspecified atom stereocenters. The lowest BCUT2D eigenvalue weighted by Gasteiger charge is -2.27. The van der Waals surface area contributed by atoms with Crippen molar-refractivity contribution in [1.29, 1.82) is 0 Å². The molecule has 0 fully saturated rings. The van der Waals surface area contributed by atoms with Crippen molar-refractivity contribution in [3.8, 4) is 23.0 Å². The maximum Gasteiger partial charge on any atom is 0.312 e. The number of phenolic OH excluding ortho intramolecular Hbond substituents is 1. The Bertz CT molecular complexity index is 1580. The fourth-order valence-corrected chi connectivity index (χ4v) is 5.35. The number of aromatic hydroxyl groups is 1. The second-order valence-electron chi connectivity index (χ2n) is 9.62. The molecule has 1 N–H and O–H groups in total. The van der Waals surface area contributed by atoms with E-state index in [1.165, 1.54) is 11.6 Å². The summed E-state index contributed by atoms with van der Waals surface area (Å²) in [7, 11) is 0. The first kappa shape index (κ1) is 25.0. The fraction of sp³-hybridized carbons (Fsp3) is 0.188. The average Bonchev–Trinajstić information content (AvgIpc) is 3.41. The lowest BCUT2D eigenvalue weighted by atomic mass is 9.83. The summed E-state index contributed by atoms with van der Waals surface area (Å²) in [6.45, 7) is 1.15. The van der Waals surface area contributed by atoms with Crippen molar-refractivity contribution >= 4 is 23.4 Å². The molecular formula is C32H25ClO6. The van der Waals surface area contributed by atoms with Gasteiger partial charge in [0.2, 0.25) is 0 Å². The summed E-state index contributed by atoms with van der Waals surface area (Å²) in [6.07, 6.45) is 1.62. The SMILES string of the molecule is O=C1CC(c2ccccc2OCCc2ccc3c(c2)CCO3)c2c(ccc(C(=O)c3ccc(Cl)cc3)c2O)O1.